The van der Waals surface area contributed by atoms with Crippen LogP contribution in [0.15, 0.2) is 267 Å². The number of rotatable bonds is 6. The first kappa shape index (κ1) is 39.1. The van der Waals surface area contributed by atoms with Crippen LogP contribution in [0.2, 0.25) is 0 Å². The maximum Gasteiger partial charge on any atom is 0.0714 e. The van der Waals surface area contributed by atoms with Crippen molar-refractivity contribution in [2.75, 3.05) is 0 Å². The van der Waals surface area contributed by atoms with Gasteiger partial charge in [0.1, 0.15) is 0 Å². The van der Waals surface area contributed by atoms with Crippen LogP contribution in [-0.2, 0) is 10.8 Å². The van der Waals surface area contributed by atoms with Crippen molar-refractivity contribution in [3.05, 3.63) is 311 Å². The van der Waals surface area contributed by atoms with Crippen molar-refractivity contribution in [3.8, 4) is 33.6 Å². The van der Waals surface area contributed by atoms with Gasteiger partial charge in [0.05, 0.1) is 32.9 Å². The number of hydrogen-bond donors (Lipinski definition) is 0. The van der Waals surface area contributed by atoms with E-state index >= 15 is 0 Å². The van der Waals surface area contributed by atoms with Crippen LogP contribution in [0.3, 0.4) is 0 Å². The third-order valence-corrected chi connectivity index (χ3v) is 15.9. The minimum Gasteiger partial charge on any atom is -0.309 e. The maximum absolute atomic E-state index is 2.51. The van der Waals surface area contributed by atoms with Gasteiger partial charge in [-0.25, -0.2) is 0 Å². The number of para-hydroxylation sites is 2. The largest absolute Gasteiger partial charge is 0.309 e. The Balaban J connectivity index is 0.993. The normalized spacial score (nSPS) is 13.9. The van der Waals surface area contributed by atoms with Crippen LogP contribution in [0.1, 0.15) is 44.5 Å². The third kappa shape index (κ3) is 5.07. The summed E-state index contributed by atoms with van der Waals surface area (Å²) in [7, 11) is 0. The molecule has 0 amide bonds. The summed E-state index contributed by atoms with van der Waals surface area (Å²) in [5, 5.41) is 5.01. The number of benzene rings is 11. The van der Waals surface area contributed by atoms with Crippen LogP contribution < -0.4 is 0 Å². The summed E-state index contributed by atoms with van der Waals surface area (Å²) in [4.78, 5) is 0. The molecule has 0 saturated carbocycles. The molecule has 2 aromatic heterocycles. The molecule has 0 fully saturated rings. The molecule has 0 atom stereocenters. The van der Waals surface area contributed by atoms with Crippen molar-refractivity contribution < 1.29 is 0 Å². The van der Waals surface area contributed by atoms with E-state index in [4.69, 9.17) is 0 Å². The fourth-order valence-corrected chi connectivity index (χ4v) is 13.2. The second-order valence-corrected chi connectivity index (χ2v) is 19.1. The molecule has 0 spiro atoms. The monoisotopic (exact) mass is 888 g/mol. The van der Waals surface area contributed by atoms with Gasteiger partial charge in [0.2, 0.25) is 0 Å². The van der Waals surface area contributed by atoms with Gasteiger partial charge < -0.3 is 9.13 Å². The molecule has 0 aliphatic heterocycles. The van der Waals surface area contributed by atoms with Crippen molar-refractivity contribution >= 4 is 43.6 Å². The Morgan fingerprint density at radius 1 is 0.229 bits per heavy atom. The highest BCUT2D eigenvalue weighted by atomic mass is 15.0. The molecule has 0 unspecified atom stereocenters. The fourth-order valence-electron chi connectivity index (χ4n) is 13.2. The van der Waals surface area contributed by atoms with E-state index in [-0.39, 0.29) is 0 Å². The van der Waals surface area contributed by atoms with Crippen molar-refractivity contribution in [2.24, 2.45) is 0 Å². The van der Waals surface area contributed by atoms with Crippen LogP contribution in [0.4, 0.5) is 0 Å². The van der Waals surface area contributed by atoms with Crippen LogP contribution in [0, 0.1) is 0 Å². The lowest BCUT2D eigenvalue weighted by molar-refractivity contribution is 0.767. The Labute approximate surface area is 406 Å². The molecule has 2 heteroatoms. The average Bonchev–Trinajstić information content (AvgIpc) is 4.14. The Kier molecular flexibility index (Phi) is 8.24. The molecule has 0 N–H and O–H groups in total. The first-order chi connectivity index (χ1) is 34.8. The van der Waals surface area contributed by atoms with Crippen molar-refractivity contribution in [3.63, 3.8) is 0 Å². The smallest absolute Gasteiger partial charge is 0.0714 e. The summed E-state index contributed by atoms with van der Waals surface area (Å²) in [6.45, 7) is 0. The second kappa shape index (κ2) is 14.8. The lowest BCUT2D eigenvalue weighted by Crippen LogP contribution is -2.28. The minimum atomic E-state index is -0.500. The van der Waals surface area contributed by atoms with Gasteiger partial charge in [0.15, 0.2) is 0 Å². The van der Waals surface area contributed by atoms with Gasteiger partial charge in [-0.2, -0.15) is 0 Å². The van der Waals surface area contributed by atoms with Crippen LogP contribution in [-0.4, -0.2) is 9.13 Å². The Bertz CT molecular complexity index is 3860. The summed E-state index contributed by atoms with van der Waals surface area (Å²) in [6, 6.07) is 99.7. The number of fused-ring (bicyclic) bond motifs is 13. The van der Waals surface area contributed by atoms with Gasteiger partial charge in [0.25, 0.3) is 0 Å². The topological polar surface area (TPSA) is 9.86 Å². The molecule has 2 nitrogen and oxygen atoms in total. The van der Waals surface area contributed by atoms with Gasteiger partial charge in [-0.1, -0.05) is 218 Å². The minimum absolute atomic E-state index is 0.500. The summed E-state index contributed by atoms with van der Waals surface area (Å²) in [5.41, 5.74) is 21.5. The molecule has 15 rings (SSSR count). The first-order valence-corrected chi connectivity index (χ1v) is 24.4. The van der Waals surface area contributed by atoms with E-state index in [9.17, 15) is 0 Å². The number of hydrogen-bond acceptors (Lipinski definition) is 0. The van der Waals surface area contributed by atoms with Gasteiger partial charge in [-0.15, -0.1) is 0 Å². The molecule has 0 saturated heterocycles. The summed E-state index contributed by atoms with van der Waals surface area (Å²) < 4.78 is 5.03. The lowest BCUT2D eigenvalue weighted by Gasteiger charge is -2.34. The quantitative estimate of drug-likeness (QED) is 0.157. The first-order valence-electron chi connectivity index (χ1n) is 24.4. The molecular formula is C68H44N2. The zero-order valence-corrected chi connectivity index (χ0v) is 38.3. The van der Waals surface area contributed by atoms with Crippen molar-refractivity contribution in [2.45, 2.75) is 10.8 Å². The number of aromatic nitrogens is 2. The average molecular weight is 889 g/mol. The predicted molar refractivity (Wildman–Crippen MR) is 290 cm³/mol. The third-order valence-electron chi connectivity index (χ3n) is 15.9. The van der Waals surface area contributed by atoms with E-state index in [0.717, 1.165) is 11.4 Å². The lowest BCUT2D eigenvalue weighted by atomic mass is 9.67. The highest BCUT2D eigenvalue weighted by molar-refractivity contribution is 6.29. The van der Waals surface area contributed by atoms with E-state index in [1.54, 1.807) is 0 Å². The zero-order valence-electron chi connectivity index (χ0n) is 38.3. The molecule has 0 bridgehead atoms. The van der Waals surface area contributed by atoms with Crippen molar-refractivity contribution in [1.29, 1.82) is 0 Å². The highest BCUT2D eigenvalue weighted by Crippen LogP contribution is 2.58. The second-order valence-electron chi connectivity index (χ2n) is 19.1. The van der Waals surface area contributed by atoms with E-state index < -0.39 is 10.8 Å². The fraction of sp³-hybridized carbons (Fsp3) is 0.0294. The SMILES string of the molecule is c1ccc(C2(c3ccccc3)c3ccccc3-c3ccc(-n4c5ccccc5c5c6c7ccccc7n(-c7ccc8c(c7)C(c7ccccc7)(c7ccccc7)c7ccccc7-8)c6ccc54)cc32)cc1. The molecule has 0 radical (unpaired) electrons. The predicted octanol–water partition coefficient (Wildman–Crippen LogP) is 16.6. The van der Waals surface area contributed by atoms with Gasteiger partial charge in [0, 0.05) is 32.9 Å². The van der Waals surface area contributed by atoms with E-state index in [2.05, 4.69) is 276 Å². The zero-order chi connectivity index (χ0) is 46.0. The summed E-state index contributed by atoms with van der Waals surface area (Å²) >= 11 is 0. The Hall–Kier alpha value is -8.98. The standard InChI is InChI=1S/C68H44N2/c1-5-21-45(22-6-1)67(46-23-7-2-8-24-46)57-33-17-13-29-51(57)53-39-37-49(43-59(53)67)69-61-35-19-15-31-55(61)65-63(69)41-42-64-66(65)56-32-16-20-36-62(56)70(64)50-38-40-54-52-30-14-18-34-58(52)68(60(54)44-50,47-25-9-3-10-26-47)48-27-11-4-12-28-48/h1-44H. The molecule has 2 aliphatic rings. The molecule has 326 valence electrons. The Morgan fingerprint density at radius 3 is 0.929 bits per heavy atom. The molecule has 2 aliphatic carbocycles. The molecule has 70 heavy (non-hydrogen) atoms. The van der Waals surface area contributed by atoms with Gasteiger partial charge in [-0.3, -0.25) is 0 Å². The summed E-state index contributed by atoms with van der Waals surface area (Å²) in [6.07, 6.45) is 0. The van der Waals surface area contributed by atoms with Crippen LogP contribution in [0.5, 0.6) is 0 Å². The highest BCUT2D eigenvalue weighted by Gasteiger charge is 2.47. The number of nitrogens with zero attached hydrogens (tertiary/aromatic N) is 2. The molecular weight excluding hydrogens is 845 g/mol. The Morgan fingerprint density at radius 2 is 0.543 bits per heavy atom. The van der Waals surface area contributed by atoms with E-state index in [1.807, 2.05) is 0 Å². The molecule has 2 heterocycles. The molecule has 13 aromatic rings. The molecule has 11 aromatic carbocycles. The summed E-state index contributed by atoms with van der Waals surface area (Å²) in [5.74, 6) is 0. The van der Waals surface area contributed by atoms with Gasteiger partial charge in [-0.05, 0) is 115 Å². The van der Waals surface area contributed by atoms with Crippen LogP contribution >= 0.6 is 0 Å². The van der Waals surface area contributed by atoms with E-state index in [0.29, 0.717) is 0 Å². The van der Waals surface area contributed by atoms with E-state index in [1.165, 1.54) is 110 Å². The maximum atomic E-state index is 2.51. The van der Waals surface area contributed by atoms with Gasteiger partial charge >= 0.3 is 0 Å². The van der Waals surface area contributed by atoms with Crippen molar-refractivity contribution in [1.82, 2.24) is 9.13 Å². The van der Waals surface area contributed by atoms with Crippen LogP contribution in [0.25, 0.3) is 77.2 Å².